The molecule has 2 heterocycles. The van der Waals surface area contributed by atoms with E-state index in [1.54, 1.807) is 35.3 Å². The van der Waals surface area contributed by atoms with E-state index in [9.17, 15) is 9.18 Å². The van der Waals surface area contributed by atoms with Crippen molar-refractivity contribution < 1.29 is 9.18 Å². The third kappa shape index (κ3) is 3.60. The predicted octanol–water partition coefficient (Wildman–Crippen LogP) is 1.41. The monoisotopic (exact) mass is 328 g/mol. The second-order valence-corrected chi connectivity index (χ2v) is 5.42. The number of aromatic nitrogens is 4. The first-order chi connectivity index (χ1) is 11.5. The van der Waals surface area contributed by atoms with E-state index in [1.807, 2.05) is 6.92 Å². The van der Waals surface area contributed by atoms with Gasteiger partial charge in [-0.05, 0) is 25.1 Å². The molecule has 0 saturated carbocycles. The van der Waals surface area contributed by atoms with E-state index in [0.717, 1.165) is 11.3 Å². The van der Waals surface area contributed by atoms with Gasteiger partial charge in [0.1, 0.15) is 18.2 Å². The lowest BCUT2D eigenvalue weighted by Crippen LogP contribution is -2.27. The first-order valence-electron chi connectivity index (χ1n) is 7.37. The molecule has 0 radical (unpaired) electrons. The molecule has 3 rings (SSSR count). The van der Waals surface area contributed by atoms with Crippen LogP contribution in [0, 0.1) is 12.7 Å². The van der Waals surface area contributed by atoms with Crippen LogP contribution in [0.2, 0.25) is 0 Å². The molecule has 0 aliphatic rings. The average molecular weight is 328 g/mol. The maximum absolute atomic E-state index is 13.2. The zero-order valence-electron chi connectivity index (χ0n) is 13.1. The summed E-state index contributed by atoms with van der Waals surface area (Å²) in [5.41, 5.74) is 7.94. The summed E-state index contributed by atoms with van der Waals surface area (Å²) in [6, 6.07) is 7.83. The zero-order valence-corrected chi connectivity index (χ0v) is 13.1. The number of nitrogens with two attached hydrogens (primary N) is 1. The highest BCUT2D eigenvalue weighted by atomic mass is 19.1. The normalized spacial score (nSPS) is 10.8. The van der Waals surface area contributed by atoms with Crippen LogP contribution in [0.4, 0.5) is 10.2 Å². The summed E-state index contributed by atoms with van der Waals surface area (Å²) in [6.07, 6.45) is 3.36. The molecular formula is C16H17FN6O. The molecular weight excluding hydrogens is 311 g/mol. The van der Waals surface area contributed by atoms with Gasteiger partial charge in [-0.1, -0.05) is 6.07 Å². The Bertz CT molecular complexity index is 869. The first kappa shape index (κ1) is 15.7. The predicted molar refractivity (Wildman–Crippen MR) is 86.7 cm³/mol. The smallest absolute Gasteiger partial charge is 0.242 e. The minimum absolute atomic E-state index is 0.0533. The molecule has 0 atom stereocenters. The molecule has 0 spiro atoms. The highest BCUT2D eigenvalue weighted by Gasteiger charge is 2.08. The Kier molecular flexibility index (Phi) is 4.28. The minimum atomic E-state index is -0.329. The minimum Gasteiger partial charge on any atom is -0.384 e. The number of aryl methyl sites for hydroxylation is 1. The van der Waals surface area contributed by atoms with Gasteiger partial charge in [-0.25, -0.2) is 13.8 Å². The summed E-state index contributed by atoms with van der Waals surface area (Å²) in [7, 11) is 0. The molecule has 7 nitrogen and oxygen atoms in total. The van der Waals surface area contributed by atoms with Crippen LogP contribution in [0.1, 0.15) is 11.3 Å². The fourth-order valence-corrected chi connectivity index (χ4v) is 2.30. The van der Waals surface area contributed by atoms with Gasteiger partial charge in [0, 0.05) is 24.4 Å². The zero-order chi connectivity index (χ0) is 17.1. The average Bonchev–Trinajstić information content (AvgIpc) is 3.12. The largest absolute Gasteiger partial charge is 0.384 e. The Labute approximate surface area is 137 Å². The fraction of sp³-hybridized carbons (Fsp3) is 0.188. The number of rotatable bonds is 5. The lowest BCUT2D eigenvalue weighted by molar-refractivity contribution is -0.122. The number of nitrogens with one attached hydrogen (secondary N) is 1. The van der Waals surface area contributed by atoms with Gasteiger partial charge in [-0.3, -0.25) is 4.79 Å². The molecule has 0 saturated heterocycles. The molecule has 8 heteroatoms. The van der Waals surface area contributed by atoms with Gasteiger partial charge in [-0.15, -0.1) is 0 Å². The summed E-state index contributed by atoms with van der Waals surface area (Å²) in [4.78, 5) is 12.0. The van der Waals surface area contributed by atoms with Crippen LogP contribution >= 0.6 is 0 Å². The number of amides is 1. The van der Waals surface area contributed by atoms with Crippen molar-refractivity contribution in [3.63, 3.8) is 0 Å². The second-order valence-electron chi connectivity index (χ2n) is 5.42. The van der Waals surface area contributed by atoms with Crippen LogP contribution in [0.25, 0.3) is 5.69 Å². The van der Waals surface area contributed by atoms with Gasteiger partial charge in [0.15, 0.2) is 0 Å². The van der Waals surface area contributed by atoms with Crippen LogP contribution < -0.4 is 11.1 Å². The number of carbonyl (C=O) groups excluding carboxylic acids is 1. The lowest BCUT2D eigenvalue weighted by Gasteiger charge is -2.05. The Hall–Kier alpha value is -3.16. The van der Waals surface area contributed by atoms with Crippen molar-refractivity contribution in [2.45, 2.75) is 20.0 Å². The molecule has 24 heavy (non-hydrogen) atoms. The highest BCUT2D eigenvalue weighted by Crippen LogP contribution is 2.10. The van der Waals surface area contributed by atoms with Gasteiger partial charge in [0.25, 0.3) is 0 Å². The van der Waals surface area contributed by atoms with Crippen molar-refractivity contribution in [2.75, 3.05) is 5.73 Å². The third-order valence-corrected chi connectivity index (χ3v) is 3.43. The standard InChI is InChI=1S/C16H17FN6O/c1-11-5-15(18)23(21-11)10-16(24)19-7-12-8-20-22(9-12)14-4-2-3-13(17)6-14/h2-6,8-9H,7,10,18H2,1H3,(H,19,24). The Morgan fingerprint density at radius 3 is 2.92 bits per heavy atom. The molecule has 0 aliphatic carbocycles. The molecule has 1 aromatic carbocycles. The molecule has 3 aromatic rings. The summed E-state index contributed by atoms with van der Waals surface area (Å²) in [5.74, 6) is -0.0881. The quantitative estimate of drug-likeness (QED) is 0.741. The van der Waals surface area contributed by atoms with Crippen LogP contribution in [0.5, 0.6) is 0 Å². The van der Waals surface area contributed by atoms with Crippen molar-refractivity contribution in [2.24, 2.45) is 0 Å². The van der Waals surface area contributed by atoms with E-state index in [2.05, 4.69) is 15.5 Å². The number of hydrogen-bond donors (Lipinski definition) is 2. The number of hydrogen-bond acceptors (Lipinski definition) is 4. The Balaban J connectivity index is 1.59. The number of benzene rings is 1. The van der Waals surface area contributed by atoms with E-state index in [0.29, 0.717) is 18.1 Å². The third-order valence-electron chi connectivity index (χ3n) is 3.43. The molecule has 2 aromatic heterocycles. The molecule has 0 bridgehead atoms. The van der Waals surface area contributed by atoms with Crippen molar-refractivity contribution in [3.8, 4) is 5.69 Å². The summed E-state index contributed by atoms with van der Waals surface area (Å²) < 4.78 is 16.2. The summed E-state index contributed by atoms with van der Waals surface area (Å²) in [6.45, 7) is 2.18. The van der Waals surface area contributed by atoms with Crippen molar-refractivity contribution in [1.29, 1.82) is 0 Å². The summed E-state index contributed by atoms with van der Waals surface area (Å²) >= 11 is 0. The first-order valence-corrected chi connectivity index (χ1v) is 7.37. The van der Waals surface area contributed by atoms with Crippen molar-refractivity contribution in [3.05, 3.63) is 59.8 Å². The van der Waals surface area contributed by atoms with Gasteiger partial charge in [0.05, 0.1) is 17.6 Å². The van der Waals surface area contributed by atoms with Crippen LogP contribution in [-0.2, 0) is 17.9 Å². The van der Waals surface area contributed by atoms with Crippen molar-refractivity contribution in [1.82, 2.24) is 24.9 Å². The van der Waals surface area contributed by atoms with Crippen LogP contribution in [0.3, 0.4) is 0 Å². The van der Waals surface area contributed by atoms with E-state index < -0.39 is 0 Å². The SMILES string of the molecule is Cc1cc(N)n(CC(=O)NCc2cnn(-c3cccc(F)c3)c2)n1. The maximum atomic E-state index is 13.2. The van der Waals surface area contributed by atoms with Crippen LogP contribution in [0.15, 0.2) is 42.7 Å². The van der Waals surface area contributed by atoms with Gasteiger partial charge < -0.3 is 11.1 Å². The number of carbonyl (C=O) groups is 1. The van der Waals surface area contributed by atoms with Gasteiger partial charge in [0.2, 0.25) is 5.91 Å². The van der Waals surface area contributed by atoms with Crippen molar-refractivity contribution >= 4 is 11.7 Å². The van der Waals surface area contributed by atoms with E-state index in [1.165, 1.54) is 16.8 Å². The number of anilines is 1. The lowest BCUT2D eigenvalue weighted by atomic mass is 10.3. The van der Waals surface area contributed by atoms with E-state index in [4.69, 9.17) is 5.73 Å². The van der Waals surface area contributed by atoms with E-state index in [-0.39, 0.29) is 18.3 Å². The molecule has 124 valence electrons. The Morgan fingerprint density at radius 1 is 1.38 bits per heavy atom. The second kappa shape index (κ2) is 6.53. The molecule has 3 N–H and O–H groups in total. The molecule has 0 aliphatic heterocycles. The number of nitrogen functional groups attached to an aromatic ring is 1. The molecule has 1 amide bonds. The maximum Gasteiger partial charge on any atom is 0.242 e. The topological polar surface area (TPSA) is 90.8 Å². The number of nitrogens with zero attached hydrogens (tertiary/aromatic N) is 4. The number of halogens is 1. The van der Waals surface area contributed by atoms with Gasteiger partial charge in [-0.2, -0.15) is 10.2 Å². The van der Waals surface area contributed by atoms with Crippen LogP contribution in [-0.4, -0.2) is 25.5 Å². The highest BCUT2D eigenvalue weighted by molar-refractivity contribution is 5.76. The summed E-state index contributed by atoms with van der Waals surface area (Å²) in [5, 5.41) is 11.1. The fourth-order valence-electron chi connectivity index (χ4n) is 2.30. The molecule has 0 unspecified atom stereocenters. The van der Waals surface area contributed by atoms with Gasteiger partial charge >= 0.3 is 0 Å². The Morgan fingerprint density at radius 2 is 2.21 bits per heavy atom. The molecule has 0 fully saturated rings. The van der Waals surface area contributed by atoms with E-state index >= 15 is 0 Å².